The van der Waals surface area contributed by atoms with Gasteiger partial charge in [0.1, 0.15) is 0 Å². The van der Waals surface area contributed by atoms with Crippen molar-refractivity contribution < 1.29 is 4.79 Å². The molecule has 0 aliphatic rings. The molecule has 90 valence electrons. The van der Waals surface area contributed by atoms with Crippen LogP contribution in [0.25, 0.3) is 0 Å². The molecule has 0 aliphatic heterocycles. The number of nitrogens with one attached hydrogen (secondary N) is 1. The third-order valence-electron chi connectivity index (χ3n) is 2.57. The number of nitrogens with two attached hydrogens (primary N) is 1. The maximum atomic E-state index is 10.6. The number of amides is 1. The number of carbonyl (C=O) groups is 1. The molecule has 0 aromatic rings. The quantitative estimate of drug-likeness (QED) is 0.647. The molecule has 0 aliphatic carbocycles. The van der Waals surface area contributed by atoms with Crippen LogP contribution in [0, 0.1) is 5.92 Å². The Bertz CT molecular complexity index is 183. The molecule has 3 N–H and O–H groups in total. The first-order chi connectivity index (χ1) is 6.93. The van der Waals surface area contributed by atoms with E-state index in [0.717, 1.165) is 19.5 Å². The first-order valence-corrected chi connectivity index (χ1v) is 5.62. The van der Waals surface area contributed by atoms with Gasteiger partial charge in [-0.3, -0.25) is 4.79 Å². The van der Waals surface area contributed by atoms with E-state index in [0.29, 0.717) is 12.5 Å². The van der Waals surface area contributed by atoms with Crippen LogP contribution in [-0.2, 0) is 4.79 Å². The van der Waals surface area contributed by atoms with E-state index in [9.17, 15) is 4.79 Å². The number of hydrogen-bond acceptors (Lipinski definition) is 3. The number of rotatable bonds is 7. The van der Waals surface area contributed by atoms with E-state index in [1.807, 2.05) is 0 Å². The third-order valence-corrected chi connectivity index (χ3v) is 2.57. The Hall–Kier alpha value is -0.610. The summed E-state index contributed by atoms with van der Waals surface area (Å²) >= 11 is 0. The molecule has 1 amide bonds. The lowest BCUT2D eigenvalue weighted by atomic mass is 10.0. The average molecular weight is 215 g/mol. The lowest BCUT2D eigenvalue weighted by Crippen LogP contribution is -2.35. The van der Waals surface area contributed by atoms with E-state index >= 15 is 0 Å². The summed E-state index contributed by atoms with van der Waals surface area (Å²) < 4.78 is 0. The van der Waals surface area contributed by atoms with Crippen LogP contribution in [0.1, 0.15) is 27.2 Å². The van der Waals surface area contributed by atoms with Gasteiger partial charge in [0.2, 0.25) is 5.91 Å². The molecule has 0 bridgehead atoms. The van der Waals surface area contributed by atoms with Crippen molar-refractivity contribution in [2.75, 3.05) is 26.7 Å². The lowest BCUT2D eigenvalue weighted by molar-refractivity contribution is -0.119. The first-order valence-electron chi connectivity index (χ1n) is 5.62. The number of carbonyl (C=O) groups excluding carboxylic acids is 1. The Balaban J connectivity index is 3.48. The molecular formula is C11H25N3O. The van der Waals surface area contributed by atoms with Crippen molar-refractivity contribution in [3.8, 4) is 0 Å². The van der Waals surface area contributed by atoms with Crippen LogP contribution in [0.4, 0.5) is 0 Å². The molecule has 4 nitrogen and oxygen atoms in total. The fourth-order valence-corrected chi connectivity index (χ4v) is 1.24. The standard InChI is InChI=1S/C11H25N3O/c1-9(2)11(12)5-7-14(4)8-6-13-10(3)15/h9,11H,5-8,12H2,1-4H3,(H,13,15). The molecule has 4 heteroatoms. The predicted octanol–water partition coefficient (Wildman–Crippen LogP) is 0.428. The third kappa shape index (κ3) is 8.39. The van der Waals surface area contributed by atoms with Gasteiger partial charge >= 0.3 is 0 Å². The van der Waals surface area contributed by atoms with E-state index in [1.165, 1.54) is 6.92 Å². The van der Waals surface area contributed by atoms with E-state index in [2.05, 4.69) is 31.1 Å². The topological polar surface area (TPSA) is 58.4 Å². The summed E-state index contributed by atoms with van der Waals surface area (Å²) in [6.07, 6.45) is 1.01. The van der Waals surface area contributed by atoms with Gasteiger partial charge < -0.3 is 16.0 Å². The molecule has 0 spiro atoms. The highest BCUT2D eigenvalue weighted by atomic mass is 16.1. The van der Waals surface area contributed by atoms with Gasteiger partial charge in [0.25, 0.3) is 0 Å². The second-order valence-electron chi connectivity index (χ2n) is 4.48. The minimum absolute atomic E-state index is 0.0299. The van der Waals surface area contributed by atoms with Gasteiger partial charge in [0.05, 0.1) is 0 Å². The Morgan fingerprint density at radius 3 is 2.47 bits per heavy atom. The second-order valence-corrected chi connectivity index (χ2v) is 4.48. The lowest BCUT2D eigenvalue weighted by Gasteiger charge is -2.21. The molecule has 1 unspecified atom stereocenters. The summed E-state index contributed by atoms with van der Waals surface area (Å²) in [4.78, 5) is 12.8. The van der Waals surface area contributed by atoms with Gasteiger partial charge in [0.15, 0.2) is 0 Å². The summed E-state index contributed by atoms with van der Waals surface area (Å²) in [7, 11) is 2.05. The second kappa shape index (κ2) is 7.65. The fraction of sp³-hybridized carbons (Fsp3) is 0.909. The molecule has 15 heavy (non-hydrogen) atoms. The van der Waals surface area contributed by atoms with Crippen LogP contribution >= 0.6 is 0 Å². The van der Waals surface area contributed by atoms with Gasteiger partial charge in [-0.15, -0.1) is 0 Å². The van der Waals surface area contributed by atoms with Crippen LogP contribution in [0.5, 0.6) is 0 Å². The van der Waals surface area contributed by atoms with Gasteiger partial charge in [0, 0.05) is 26.1 Å². The summed E-state index contributed by atoms with van der Waals surface area (Å²) in [5.74, 6) is 0.566. The van der Waals surface area contributed by atoms with Gasteiger partial charge in [-0.1, -0.05) is 13.8 Å². The maximum Gasteiger partial charge on any atom is 0.216 e. The fourth-order valence-electron chi connectivity index (χ4n) is 1.24. The summed E-state index contributed by atoms with van der Waals surface area (Å²) in [5, 5.41) is 2.77. The zero-order valence-electron chi connectivity index (χ0n) is 10.4. The van der Waals surface area contributed by atoms with Crippen molar-refractivity contribution in [3.05, 3.63) is 0 Å². The van der Waals surface area contributed by atoms with Crippen LogP contribution < -0.4 is 11.1 Å². The largest absolute Gasteiger partial charge is 0.355 e. The van der Waals surface area contributed by atoms with Crippen molar-refractivity contribution >= 4 is 5.91 Å². The van der Waals surface area contributed by atoms with E-state index in [-0.39, 0.29) is 11.9 Å². The van der Waals surface area contributed by atoms with Gasteiger partial charge in [-0.25, -0.2) is 0 Å². The Morgan fingerprint density at radius 1 is 1.40 bits per heavy atom. The maximum absolute atomic E-state index is 10.6. The minimum Gasteiger partial charge on any atom is -0.355 e. The smallest absolute Gasteiger partial charge is 0.216 e. The zero-order valence-corrected chi connectivity index (χ0v) is 10.4. The summed E-state index contributed by atoms with van der Waals surface area (Å²) in [6.45, 7) is 8.39. The SMILES string of the molecule is CC(=O)NCCN(C)CCC(N)C(C)C. The van der Waals surface area contributed by atoms with Crippen LogP contribution in [-0.4, -0.2) is 43.5 Å². The van der Waals surface area contributed by atoms with E-state index in [4.69, 9.17) is 5.73 Å². The highest BCUT2D eigenvalue weighted by molar-refractivity contribution is 5.72. The number of nitrogens with zero attached hydrogens (tertiary/aromatic N) is 1. The summed E-state index contributed by atoms with van der Waals surface area (Å²) in [5.41, 5.74) is 5.95. The van der Waals surface area contributed by atoms with E-state index in [1.54, 1.807) is 0 Å². The van der Waals surface area contributed by atoms with Crippen molar-refractivity contribution in [2.24, 2.45) is 11.7 Å². The Morgan fingerprint density at radius 2 is 2.00 bits per heavy atom. The molecule has 0 heterocycles. The molecule has 0 fully saturated rings. The molecule has 1 atom stereocenters. The summed E-state index contributed by atoms with van der Waals surface area (Å²) in [6, 6.07) is 0.271. The van der Waals surface area contributed by atoms with Crippen molar-refractivity contribution in [1.29, 1.82) is 0 Å². The minimum atomic E-state index is 0.0299. The van der Waals surface area contributed by atoms with Crippen molar-refractivity contribution in [2.45, 2.75) is 33.2 Å². The average Bonchev–Trinajstić information content (AvgIpc) is 2.13. The van der Waals surface area contributed by atoms with Crippen molar-refractivity contribution in [1.82, 2.24) is 10.2 Å². The number of hydrogen-bond donors (Lipinski definition) is 2. The van der Waals surface area contributed by atoms with Crippen molar-refractivity contribution in [3.63, 3.8) is 0 Å². The Labute approximate surface area is 93.2 Å². The highest BCUT2D eigenvalue weighted by Crippen LogP contribution is 2.03. The zero-order chi connectivity index (χ0) is 11.8. The normalized spacial score (nSPS) is 13.3. The van der Waals surface area contributed by atoms with Gasteiger partial charge in [-0.05, 0) is 25.9 Å². The van der Waals surface area contributed by atoms with Gasteiger partial charge in [-0.2, -0.15) is 0 Å². The highest BCUT2D eigenvalue weighted by Gasteiger charge is 2.08. The molecule has 0 aromatic carbocycles. The van der Waals surface area contributed by atoms with Crippen LogP contribution in [0.3, 0.4) is 0 Å². The first kappa shape index (κ1) is 14.4. The molecule has 0 rings (SSSR count). The van der Waals surface area contributed by atoms with E-state index < -0.39 is 0 Å². The molecule has 0 aromatic heterocycles. The predicted molar refractivity (Wildman–Crippen MR) is 63.6 cm³/mol. The van der Waals surface area contributed by atoms with Crippen LogP contribution in [0.15, 0.2) is 0 Å². The molecule has 0 saturated carbocycles. The number of likely N-dealkylation sites (N-methyl/N-ethyl adjacent to an activating group) is 1. The Kier molecular flexibility index (Phi) is 7.34. The van der Waals surface area contributed by atoms with Crippen LogP contribution in [0.2, 0.25) is 0 Å². The molecular weight excluding hydrogens is 190 g/mol. The molecule has 0 saturated heterocycles. The monoisotopic (exact) mass is 215 g/mol. The molecule has 0 radical (unpaired) electrons.